The molecule has 4 rings (SSSR count). The van der Waals surface area contributed by atoms with E-state index in [4.69, 9.17) is 5.26 Å². The fourth-order valence-electron chi connectivity index (χ4n) is 3.55. The Balaban J connectivity index is 1.64. The molecule has 1 atom stereocenters. The Hall–Kier alpha value is -2.65. The number of rotatable bonds is 2. The van der Waals surface area contributed by atoms with Gasteiger partial charge in [0.05, 0.1) is 18.2 Å². The van der Waals surface area contributed by atoms with Gasteiger partial charge in [0.15, 0.2) is 0 Å². The minimum absolute atomic E-state index is 0.170. The zero-order chi connectivity index (χ0) is 16.7. The molecule has 2 aliphatic rings. The van der Waals surface area contributed by atoms with Crippen LogP contribution in [0.2, 0.25) is 0 Å². The number of carbonyl (C=O) groups excluding carboxylic acids is 2. The second kappa shape index (κ2) is 5.46. The average Bonchev–Trinajstić information content (AvgIpc) is 3.16. The van der Waals surface area contributed by atoms with E-state index in [0.717, 1.165) is 24.0 Å². The summed E-state index contributed by atoms with van der Waals surface area (Å²) in [7, 11) is 0. The predicted molar refractivity (Wildman–Crippen MR) is 89.2 cm³/mol. The van der Waals surface area contributed by atoms with Crippen LogP contribution >= 0.6 is 11.3 Å². The van der Waals surface area contributed by atoms with Crippen molar-refractivity contribution in [3.63, 3.8) is 0 Å². The standard InChI is InChI=1S/C18H15N3O2S/c19-10-12-3-5-13(6-4-12)11-21-16(22)18(20-17(21)23)8-1-2-15-14(18)7-9-24-15/h3-7,9H,1-2,8,11H2,(H,20,23)/t18-/m1/s1. The lowest BCUT2D eigenvalue weighted by molar-refractivity contribution is -0.132. The maximum absolute atomic E-state index is 13.1. The number of benzene rings is 1. The van der Waals surface area contributed by atoms with Gasteiger partial charge in [-0.1, -0.05) is 12.1 Å². The number of nitrogens with zero attached hydrogens (tertiary/aromatic N) is 2. The van der Waals surface area contributed by atoms with Crippen molar-refractivity contribution in [3.8, 4) is 6.07 Å². The van der Waals surface area contributed by atoms with E-state index in [2.05, 4.69) is 11.4 Å². The first-order valence-electron chi connectivity index (χ1n) is 7.84. The van der Waals surface area contributed by atoms with Crippen molar-refractivity contribution in [3.05, 3.63) is 57.3 Å². The van der Waals surface area contributed by atoms with Gasteiger partial charge in [-0.3, -0.25) is 9.69 Å². The second-order valence-corrected chi connectivity index (χ2v) is 7.15. The van der Waals surface area contributed by atoms with Crippen LogP contribution in [0.3, 0.4) is 0 Å². The van der Waals surface area contributed by atoms with Crippen LogP contribution in [0.5, 0.6) is 0 Å². The van der Waals surface area contributed by atoms with E-state index < -0.39 is 5.54 Å². The SMILES string of the molecule is N#Cc1ccc(CN2C(=O)N[C@@]3(CCCc4sccc43)C2=O)cc1. The maximum Gasteiger partial charge on any atom is 0.325 e. The number of nitrogens with one attached hydrogen (secondary N) is 1. The lowest BCUT2D eigenvalue weighted by atomic mass is 9.80. The van der Waals surface area contributed by atoms with Crippen molar-refractivity contribution in [2.45, 2.75) is 31.3 Å². The molecule has 5 nitrogen and oxygen atoms in total. The summed E-state index contributed by atoms with van der Waals surface area (Å²) in [4.78, 5) is 28.0. The maximum atomic E-state index is 13.1. The highest BCUT2D eigenvalue weighted by molar-refractivity contribution is 7.10. The Kier molecular flexibility index (Phi) is 3.39. The number of hydrogen-bond donors (Lipinski definition) is 1. The molecule has 1 aliphatic carbocycles. The van der Waals surface area contributed by atoms with Gasteiger partial charge in [0.1, 0.15) is 5.54 Å². The van der Waals surface area contributed by atoms with Crippen molar-refractivity contribution in [2.24, 2.45) is 0 Å². The number of carbonyl (C=O) groups is 2. The summed E-state index contributed by atoms with van der Waals surface area (Å²) < 4.78 is 0. The molecule has 0 bridgehead atoms. The number of aryl methyl sites for hydroxylation is 1. The number of amides is 3. The van der Waals surface area contributed by atoms with Crippen molar-refractivity contribution >= 4 is 23.3 Å². The number of urea groups is 1. The molecule has 1 spiro atoms. The van der Waals surface area contributed by atoms with E-state index in [1.54, 1.807) is 35.6 Å². The van der Waals surface area contributed by atoms with Crippen LogP contribution in [0.15, 0.2) is 35.7 Å². The molecule has 2 aromatic rings. The third-order valence-corrected chi connectivity index (χ3v) is 5.74. The van der Waals surface area contributed by atoms with Crippen molar-refractivity contribution < 1.29 is 9.59 Å². The molecule has 0 radical (unpaired) electrons. The Bertz CT molecular complexity index is 865. The molecule has 24 heavy (non-hydrogen) atoms. The van der Waals surface area contributed by atoms with Gasteiger partial charge in [-0.25, -0.2) is 4.79 Å². The van der Waals surface area contributed by atoms with Crippen molar-refractivity contribution in [2.75, 3.05) is 0 Å². The zero-order valence-corrected chi connectivity index (χ0v) is 13.7. The molecule has 1 saturated heterocycles. The van der Waals surface area contributed by atoms with E-state index in [0.29, 0.717) is 12.0 Å². The highest BCUT2D eigenvalue weighted by atomic mass is 32.1. The van der Waals surface area contributed by atoms with E-state index in [9.17, 15) is 9.59 Å². The smallest absolute Gasteiger partial charge is 0.319 e. The predicted octanol–water partition coefficient (Wildman–Crippen LogP) is 2.90. The van der Waals surface area contributed by atoms with Crippen LogP contribution in [0.25, 0.3) is 0 Å². The third-order valence-electron chi connectivity index (χ3n) is 4.76. The van der Waals surface area contributed by atoms with Gasteiger partial charge >= 0.3 is 6.03 Å². The summed E-state index contributed by atoms with van der Waals surface area (Å²) in [5.41, 5.74) is 1.45. The van der Waals surface area contributed by atoms with E-state index in [1.165, 1.54) is 9.78 Å². The van der Waals surface area contributed by atoms with Gasteiger partial charge in [-0.05, 0) is 48.4 Å². The van der Waals surface area contributed by atoms with E-state index >= 15 is 0 Å². The quantitative estimate of drug-likeness (QED) is 0.856. The van der Waals surface area contributed by atoms with Crippen molar-refractivity contribution in [1.82, 2.24) is 10.2 Å². The number of imide groups is 1. The molecule has 2 heterocycles. The van der Waals surface area contributed by atoms with Crippen LogP contribution in [0.1, 0.15) is 34.4 Å². The molecule has 1 aromatic heterocycles. The summed E-state index contributed by atoms with van der Waals surface area (Å²) in [6, 6.07) is 10.6. The third kappa shape index (κ3) is 2.13. The minimum Gasteiger partial charge on any atom is -0.319 e. The van der Waals surface area contributed by atoms with Crippen LogP contribution in [-0.4, -0.2) is 16.8 Å². The van der Waals surface area contributed by atoms with Crippen molar-refractivity contribution in [1.29, 1.82) is 5.26 Å². The summed E-state index contributed by atoms with van der Waals surface area (Å²) in [6.07, 6.45) is 2.50. The lowest BCUT2D eigenvalue weighted by Crippen LogP contribution is -2.46. The van der Waals surface area contributed by atoms with E-state index in [-0.39, 0.29) is 18.5 Å². The molecule has 1 fully saturated rings. The van der Waals surface area contributed by atoms with Crippen LogP contribution in [0, 0.1) is 11.3 Å². The van der Waals surface area contributed by atoms with Gasteiger partial charge in [0.25, 0.3) is 5.91 Å². The first-order chi connectivity index (χ1) is 11.6. The molecule has 120 valence electrons. The highest BCUT2D eigenvalue weighted by Gasteiger charge is 2.54. The van der Waals surface area contributed by atoms with Crippen LogP contribution < -0.4 is 5.32 Å². The first-order valence-corrected chi connectivity index (χ1v) is 8.72. The molecular formula is C18H15N3O2S. The Morgan fingerprint density at radius 3 is 2.79 bits per heavy atom. The van der Waals surface area contributed by atoms with Gasteiger partial charge in [-0.2, -0.15) is 5.26 Å². The number of fused-ring (bicyclic) bond motifs is 2. The van der Waals surface area contributed by atoms with Crippen LogP contribution in [0.4, 0.5) is 4.79 Å². The Labute approximate surface area is 143 Å². The normalized spacial score (nSPS) is 22.4. The zero-order valence-electron chi connectivity index (χ0n) is 12.9. The van der Waals surface area contributed by atoms with Gasteiger partial charge in [0.2, 0.25) is 0 Å². The molecule has 0 saturated carbocycles. The number of thiophene rings is 1. The summed E-state index contributed by atoms with van der Waals surface area (Å²) in [5.74, 6) is -0.170. The molecule has 1 N–H and O–H groups in total. The highest BCUT2D eigenvalue weighted by Crippen LogP contribution is 2.42. The van der Waals surface area contributed by atoms with Gasteiger partial charge < -0.3 is 5.32 Å². The molecule has 3 amide bonds. The summed E-state index contributed by atoms with van der Waals surface area (Å²) in [5, 5.41) is 13.8. The Morgan fingerprint density at radius 1 is 1.25 bits per heavy atom. The fourth-order valence-corrected chi connectivity index (χ4v) is 4.55. The Morgan fingerprint density at radius 2 is 2.04 bits per heavy atom. The monoisotopic (exact) mass is 337 g/mol. The average molecular weight is 337 g/mol. The minimum atomic E-state index is -0.892. The number of nitriles is 1. The second-order valence-electron chi connectivity index (χ2n) is 6.15. The molecule has 1 aromatic carbocycles. The van der Waals surface area contributed by atoms with Gasteiger partial charge in [-0.15, -0.1) is 11.3 Å². The van der Waals surface area contributed by atoms with E-state index in [1.807, 2.05) is 11.4 Å². The lowest BCUT2D eigenvalue weighted by Gasteiger charge is -2.31. The topological polar surface area (TPSA) is 73.2 Å². The van der Waals surface area contributed by atoms with Gasteiger partial charge in [0, 0.05) is 10.4 Å². The fraction of sp³-hybridized carbons (Fsp3) is 0.278. The first kappa shape index (κ1) is 14.9. The molecule has 0 unspecified atom stereocenters. The summed E-state index contributed by atoms with van der Waals surface area (Å²) in [6.45, 7) is 0.220. The van der Waals surface area contributed by atoms with Crippen LogP contribution in [-0.2, 0) is 23.3 Å². The summed E-state index contributed by atoms with van der Waals surface area (Å²) >= 11 is 1.65. The molecule has 1 aliphatic heterocycles. The molecular weight excluding hydrogens is 322 g/mol. The largest absolute Gasteiger partial charge is 0.325 e. The molecule has 6 heteroatoms. The number of hydrogen-bond acceptors (Lipinski definition) is 4.